The van der Waals surface area contributed by atoms with E-state index in [1.54, 1.807) is 41.3 Å². The normalized spacial score (nSPS) is 11.7. The third-order valence-corrected chi connectivity index (χ3v) is 4.81. The van der Waals surface area contributed by atoms with Gasteiger partial charge in [-0.2, -0.15) is 0 Å². The van der Waals surface area contributed by atoms with Gasteiger partial charge < -0.3 is 25.0 Å². The van der Waals surface area contributed by atoms with Gasteiger partial charge in [0.15, 0.2) is 17.3 Å². The lowest BCUT2D eigenvalue weighted by atomic mass is 10.1. The molecule has 0 spiro atoms. The number of carbonyl (C=O) groups is 3. The van der Waals surface area contributed by atoms with E-state index in [-0.39, 0.29) is 30.9 Å². The van der Waals surface area contributed by atoms with Gasteiger partial charge in [-0.25, -0.2) is 0 Å². The number of rotatable bonds is 8. The average Bonchev–Trinajstić information content (AvgIpc) is 3.20. The number of fused-ring (bicyclic) bond motifs is 1. The second-order valence-electron chi connectivity index (χ2n) is 6.73. The molecule has 0 fully saturated rings. The summed E-state index contributed by atoms with van der Waals surface area (Å²) in [6.45, 7) is 6.45. The van der Waals surface area contributed by atoms with Crippen LogP contribution in [0.2, 0.25) is 0 Å². The molecule has 3 rings (SSSR count). The van der Waals surface area contributed by atoms with Crippen molar-refractivity contribution in [1.29, 1.82) is 0 Å². The quantitative estimate of drug-likeness (QED) is 0.648. The minimum atomic E-state index is -0.360. The van der Waals surface area contributed by atoms with Crippen molar-refractivity contribution in [2.75, 3.05) is 37.1 Å². The Morgan fingerprint density at radius 1 is 0.967 bits per heavy atom. The molecule has 1 heterocycles. The number of anilines is 2. The number of hydrogen-bond donors (Lipinski definition) is 2. The summed E-state index contributed by atoms with van der Waals surface area (Å²) >= 11 is 0. The molecule has 1 aliphatic rings. The predicted octanol–water partition coefficient (Wildman–Crippen LogP) is 3.15. The van der Waals surface area contributed by atoms with Crippen LogP contribution in [0, 0.1) is 0 Å². The molecule has 0 saturated carbocycles. The molecule has 158 valence electrons. The van der Waals surface area contributed by atoms with Crippen molar-refractivity contribution in [3.8, 4) is 11.5 Å². The number of amides is 2. The number of nitrogens with zero attached hydrogens (tertiary/aromatic N) is 1. The number of hydrogen-bond acceptors (Lipinski definition) is 6. The molecule has 0 saturated heterocycles. The number of para-hydroxylation sites is 1. The maximum atomic E-state index is 12.7. The van der Waals surface area contributed by atoms with Crippen molar-refractivity contribution in [2.24, 2.45) is 0 Å². The van der Waals surface area contributed by atoms with Crippen LogP contribution in [-0.4, -0.2) is 48.9 Å². The summed E-state index contributed by atoms with van der Waals surface area (Å²) in [5.74, 6) is 0.282. The molecule has 30 heavy (non-hydrogen) atoms. The SMILES string of the molecule is CCN(CC)C(=O)c1ccccc1NCC(=O)Nc1cc2c(cc1C(C)=O)OCO2. The van der Waals surface area contributed by atoms with E-state index in [0.717, 1.165) is 0 Å². The molecule has 2 N–H and O–H groups in total. The molecular weight excluding hydrogens is 386 g/mol. The number of benzene rings is 2. The van der Waals surface area contributed by atoms with E-state index >= 15 is 0 Å². The smallest absolute Gasteiger partial charge is 0.255 e. The largest absolute Gasteiger partial charge is 0.454 e. The lowest BCUT2D eigenvalue weighted by Gasteiger charge is -2.20. The lowest BCUT2D eigenvalue weighted by Crippen LogP contribution is -2.31. The average molecular weight is 411 g/mol. The molecular formula is C22H25N3O5. The molecule has 0 unspecified atom stereocenters. The van der Waals surface area contributed by atoms with E-state index in [4.69, 9.17) is 9.47 Å². The van der Waals surface area contributed by atoms with Gasteiger partial charge in [0.05, 0.1) is 17.8 Å². The minimum absolute atomic E-state index is 0.0724. The molecule has 2 aromatic rings. The van der Waals surface area contributed by atoms with Crippen LogP contribution in [-0.2, 0) is 4.79 Å². The zero-order chi connectivity index (χ0) is 21.7. The number of Topliss-reactive ketones (excluding diaryl/α,β-unsaturated/α-hetero) is 1. The molecule has 0 aromatic heterocycles. The predicted molar refractivity (Wildman–Crippen MR) is 113 cm³/mol. The zero-order valence-electron chi connectivity index (χ0n) is 17.3. The molecule has 1 aliphatic heterocycles. The molecule has 0 atom stereocenters. The van der Waals surface area contributed by atoms with Crippen LogP contribution in [0.1, 0.15) is 41.5 Å². The number of carbonyl (C=O) groups excluding carboxylic acids is 3. The first-order chi connectivity index (χ1) is 14.4. The first-order valence-electron chi connectivity index (χ1n) is 9.81. The Morgan fingerprint density at radius 3 is 2.30 bits per heavy atom. The van der Waals surface area contributed by atoms with Crippen molar-refractivity contribution in [1.82, 2.24) is 4.90 Å². The number of ether oxygens (including phenoxy) is 2. The highest BCUT2D eigenvalue weighted by Crippen LogP contribution is 2.37. The van der Waals surface area contributed by atoms with Crippen molar-refractivity contribution in [2.45, 2.75) is 20.8 Å². The Hall–Kier alpha value is -3.55. The van der Waals surface area contributed by atoms with Crippen LogP contribution in [0.25, 0.3) is 0 Å². The monoisotopic (exact) mass is 411 g/mol. The van der Waals surface area contributed by atoms with Gasteiger partial charge in [0.2, 0.25) is 12.7 Å². The Bertz CT molecular complexity index is 969. The standard InChI is InChI=1S/C22H25N3O5/c1-4-25(5-2)22(28)15-8-6-7-9-17(15)23-12-21(27)24-18-11-20-19(29-13-30-20)10-16(18)14(3)26/h6-11,23H,4-5,12-13H2,1-3H3,(H,24,27). The third-order valence-electron chi connectivity index (χ3n) is 4.81. The van der Waals surface area contributed by atoms with Crippen molar-refractivity contribution >= 4 is 29.0 Å². The molecule has 0 radical (unpaired) electrons. The molecule has 2 amide bonds. The first-order valence-corrected chi connectivity index (χ1v) is 9.81. The van der Waals surface area contributed by atoms with Crippen molar-refractivity contribution in [3.63, 3.8) is 0 Å². The third kappa shape index (κ3) is 4.53. The Labute approximate surface area is 175 Å². The highest BCUT2D eigenvalue weighted by molar-refractivity contribution is 6.06. The van der Waals surface area contributed by atoms with Crippen LogP contribution < -0.4 is 20.1 Å². The van der Waals surface area contributed by atoms with E-state index in [1.165, 1.54) is 6.92 Å². The lowest BCUT2D eigenvalue weighted by molar-refractivity contribution is -0.114. The molecule has 0 aliphatic carbocycles. The van der Waals surface area contributed by atoms with Crippen LogP contribution in [0.15, 0.2) is 36.4 Å². The molecule has 8 heteroatoms. The Balaban J connectivity index is 1.72. The summed E-state index contributed by atoms with van der Waals surface area (Å²) in [7, 11) is 0. The fourth-order valence-corrected chi connectivity index (χ4v) is 3.21. The van der Waals surface area contributed by atoms with Gasteiger partial charge in [-0.3, -0.25) is 14.4 Å². The summed E-state index contributed by atoms with van der Waals surface area (Å²) in [5.41, 5.74) is 1.76. The second kappa shape index (κ2) is 9.30. The molecule has 0 bridgehead atoms. The second-order valence-corrected chi connectivity index (χ2v) is 6.73. The van der Waals surface area contributed by atoms with Gasteiger partial charge in [0.1, 0.15) is 0 Å². The van der Waals surface area contributed by atoms with Crippen LogP contribution in [0.3, 0.4) is 0 Å². The van der Waals surface area contributed by atoms with E-state index in [2.05, 4.69) is 10.6 Å². The molecule has 8 nitrogen and oxygen atoms in total. The summed E-state index contributed by atoms with van der Waals surface area (Å²) in [6, 6.07) is 10.2. The van der Waals surface area contributed by atoms with Crippen LogP contribution >= 0.6 is 0 Å². The zero-order valence-corrected chi connectivity index (χ0v) is 17.3. The van der Waals surface area contributed by atoms with E-state index in [0.29, 0.717) is 47.1 Å². The summed E-state index contributed by atoms with van der Waals surface area (Å²) in [6.07, 6.45) is 0. The van der Waals surface area contributed by atoms with Gasteiger partial charge >= 0.3 is 0 Å². The maximum absolute atomic E-state index is 12.7. The summed E-state index contributed by atoms with van der Waals surface area (Å²) < 4.78 is 10.6. The van der Waals surface area contributed by atoms with E-state index in [1.807, 2.05) is 13.8 Å². The van der Waals surface area contributed by atoms with Gasteiger partial charge in [0, 0.05) is 30.4 Å². The Morgan fingerprint density at radius 2 is 1.63 bits per heavy atom. The fraction of sp³-hybridized carbons (Fsp3) is 0.318. The minimum Gasteiger partial charge on any atom is -0.454 e. The van der Waals surface area contributed by atoms with Crippen molar-refractivity contribution in [3.05, 3.63) is 47.5 Å². The maximum Gasteiger partial charge on any atom is 0.255 e. The van der Waals surface area contributed by atoms with Gasteiger partial charge in [-0.1, -0.05) is 12.1 Å². The van der Waals surface area contributed by atoms with Gasteiger partial charge in [-0.15, -0.1) is 0 Å². The number of ketones is 1. The highest BCUT2D eigenvalue weighted by atomic mass is 16.7. The van der Waals surface area contributed by atoms with Crippen molar-refractivity contribution < 1.29 is 23.9 Å². The fourth-order valence-electron chi connectivity index (χ4n) is 3.21. The van der Waals surface area contributed by atoms with Crippen LogP contribution in [0.4, 0.5) is 11.4 Å². The topological polar surface area (TPSA) is 97.0 Å². The molecule has 2 aromatic carbocycles. The first kappa shape index (κ1) is 21.2. The number of nitrogens with one attached hydrogen (secondary N) is 2. The van der Waals surface area contributed by atoms with E-state index in [9.17, 15) is 14.4 Å². The highest BCUT2D eigenvalue weighted by Gasteiger charge is 2.21. The van der Waals surface area contributed by atoms with Gasteiger partial charge in [0.25, 0.3) is 5.91 Å². The summed E-state index contributed by atoms with van der Waals surface area (Å²) in [4.78, 5) is 38.9. The van der Waals surface area contributed by atoms with Gasteiger partial charge in [-0.05, 0) is 39.0 Å². The Kier molecular flexibility index (Phi) is 6.56. The summed E-state index contributed by atoms with van der Waals surface area (Å²) in [5, 5.41) is 5.75. The van der Waals surface area contributed by atoms with E-state index < -0.39 is 0 Å². The van der Waals surface area contributed by atoms with Crippen LogP contribution in [0.5, 0.6) is 11.5 Å².